The molecule has 0 radical (unpaired) electrons. The van der Waals surface area contributed by atoms with Crippen molar-refractivity contribution in [3.63, 3.8) is 0 Å². The molecule has 1 heterocycles. The van der Waals surface area contributed by atoms with Gasteiger partial charge < -0.3 is 5.11 Å². The summed E-state index contributed by atoms with van der Waals surface area (Å²) in [5.74, 6) is 1.15. The average molecular weight is 318 g/mol. The van der Waals surface area contributed by atoms with Gasteiger partial charge in [-0.05, 0) is 55.7 Å². The summed E-state index contributed by atoms with van der Waals surface area (Å²) in [5.41, 5.74) is 6.31. The number of hydrogen-bond donors (Lipinski definition) is 1. The molecular formula is C21H22N2O. The van der Waals surface area contributed by atoms with Crippen molar-refractivity contribution in [3.8, 4) is 11.3 Å². The van der Waals surface area contributed by atoms with Gasteiger partial charge in [-0.3, -0.25) is 0 Å². The second-order valence-corrected chi connectivity index (χ2v) is 6.85. The summed E-state index contributed by atoms with van der Waals surface area (Å²) in [7, 11) is 0. The van der Waals surface area contributed by atoms with Gasteiger partial charge in [0.15, 0.2) is 0 Å². The summed E-state index contributed by atoms with van der Waals surface area (Å²) in [6.45, 7) is 2.40. The lowest BCUT2D eigenvalue weighted by atomic mass is 10.0. The van der Waals surface area contributed by atoms with Gasteiger partial charge in [-0.1, -0.05) is 36.4 Å². The van der Waals surface area contributed by atoms with E-state index in [2.05, 4.69) is 37.3 Å². The van der Waals surface area contributed by atoms with Gasteiger partial charge in [-0.25, -0.2) is 9.97 Å². The first kappa shape index (κ1) is 15.3. The fourth-order valence-electron chi connectivity index (χ4n) is 3.41. The number of aliphatic hydroxyl groups is 1. The molecule has 3 heteroatoms. The third kappa shape index (κ3) is 3.04. The molecule has 3 aromatic rings. The number of rotatable bonds is 5. The SMILES string of the molecule is Cc1ccc2nc(-c3ccccc3)c(CCC3CC3CO)nc2c1. The van der Waals surface area contributed by atoms with E-state index in [1.165, 1.54) is 5.56 Å². The van der Waals surface area contributed by atoms with Gasteiger partial charge >= 0.3 is 0 Å². The van der Waals surface area contributed by atoms with Gasteiger partial charge in [0, 0.05) is 12.2 Å². The molecule has 2 unspecified atom stereocenters. The van der Waals surface area contributed by atoms with Crippen molar-refractivity contribution in [1.29, 1.82) is 0 Å². The Morgan fingerprint density at radius 2 is 1.83 bits per heavy atom. The van der Waals surface area contributed by atoms with Crippen molar-refractivity contribution >= 4 is 11.0 Å². The van der Waals surface area contributed by atoms with Gasteiger partial charge in [0.05, 0.1) is 22.4 Å². The van der Waals surface area contributed by atoms with Crippen LogP contribution in [0.4, 0.5) is 0 Å². The van der Waals surface area contributed by atoms with Crippen LogP contribution in [0.15, 0.2) is 48.5 Å². The highest BCUT2D eigenvalue weighted by Crippen LogP contribution is 2.41. The second-order valence-electron chi connectivity index (χ2n) is 6.85. The summed E-state index contributed by atoms with van der Waals surface area (Å²) in [6.07, 6.45) is 3.15. The molecule has 24 heavy (non-hydrogen) atoms. The second kappa shape index (κ2) is 6.33. The molecule has 2 aromatic carbocycles. The van der Waals surface area contributed by atoms with E-state index < -0.39 is 0 Å². The molecule has 1 N–H and O–H groups in total. The van der Waals surface area contributed by atoms with Gasteiger partial charge in [-0.15, -0.1) is 0 Å². The zero-order valence-corrected chi connectivity index (χ0v) is 13.9. The van der Waals surface area contributed by atoms with E-state index in [-0.39, 0.29) is 0 Å². The van der Waals surface area contributed by atoms with Crippen molar-refractivity contribution in [2.24, 2.45) is 11.8 Å². The van der Waals surface area contributed by atoms with Crippen LogP contribution in [0.1, 0.15) is 24.1 Å². The van der Waals surface area contributed by atoms with E-state index in [0.717, 1.165) is 47.2 Å². The molecule has 1 aliphatic rings. The summed E-state index contributed by atoms with van der Waals surface area (Å²) in [4.78, 5) is 9.85. The first-order valence-electron chi connectivity index (χ1n) is 8.68. The molecule has 0 saturated heterocycles. The van der Waals surface area contributed by atoms with E-state index in [0.29, 0.717) is 18.4 Å². The minimum absolute atomic E-state index is 0.318. The highest BCUT2D eigenvalue weighted by Gasteiger charge is 2.35. The smallest absolute Gasteiger partial charge is 0.0925 e. The molecule has 2 atom stereocenters. The summed E-state index contributed by atoms with van der Waals surface area (Å²) >= 11 is 0. The Balaban J connectivity index is 1.73. The number of nitrogens with zero attached hydrogens (tertiary/aromatic N) is 2. The predicted octanol–water partition coefficient (Wildman–Crippen LogP) is 4.17. The molecule has 0 aliphatic heterocycles. The van der Waals surface area contributed by atoms with Crippen LogP contribution in [-0.4, -0.2) is 21.7 Å². The molecule has 0 bridgehead atoms. The van der Waals surface area contributed by atoms with Gasteiger partial charge in [0.1, 0.15) is 0 Å². The van der Waals surface area contributed by atoms with Crippen LogP contribution in [0, 0.1) is 18.8 Å². The van der Waals surface area contributed by atoms with E-state index in [9.17, 15) is 5.11 Å². The monoisotopic (exact) mass is 318 g/mol. The number of fused-ring (bicyclic) bond motifs is 1. The molecule has 1 aromatic heterocycles. The number of hydrogen-bond acceptors (Lipinski definition) is 3. The normalized spacial score (nSPS) is 19.6. The van der Waals surface area contributed by atoms with Crippen LogP contribution in [0.25, 0.3) is 22.3 Å². The first-order chi connectivity index (χ1) is 11.7. The summed E-state index contributed by atoms with van der Waals surface area (Å²) in [5, 5.41) is 9.25. The largest absolute Gasteiger partial charge is 0.396 e. The Bertz CT molecular complexity index is 860. The Morgan fingerprint density at radius 1 is 1.00 bits per heavy atom. The molecule has 1 saturated carbocycles. The van der Waals surface area contributed by atoms with E-state index >= 15 is 0 Å². The fraction of sp³-hybridized carbons (Fsp3) is 0.333. The number of aliphatic hydroxyl groups excluding tert-OH is 1. The van der Waals surface area contributed by atoms with Gasteiger partial charge in [-0.2, -0.15) is 0 Å². The highest BCUT2D eigenvalue weighted by molar-refractivity contribution is 5.79. The number of benzene rings is 2. The Morgan fingerprint density at radius 3 is 2.58 bits per heavy atom. The van der Waals surface area contributed by atoms with Crippen molar-refractivity contribution in [3.05, 3.63) is 59.8 Å². The molecule has 122 valence electrons. The van der Waals surface area contributed by atoms with E-state index in [1.54, 1.807) is 0 Å². The quantitative estimate of drug-likeness (QED) is 0.768. The topological polar surface area (TPSA) is 46.0 Å². The number of aromatic nitrogens is 2. The van der Waals surface area contributed by atoms with Crippen LogP contribution in [0.5, 0.6) is 0 Å². The van der Waals surface area contributed by atoms with E-state index in [4.69, 9.17) is 9.97 Å². The zero-order valence-electron chi connectivity index (χ0n) is 13.9. The average Bonchev–Trinajstić information content (AvgIpc) is 3.38. The van der Waals surface area contributed by atoms with Crippen molar-refractivity contribution in [2.75, 3.05) is 6.61 Å². The lowest BCUT2D eigenvalue weighted by Crippen LogP contribution is -2.01. The minimum Gasteiger partial charge on any atom is -0.396 e. The Kier molecular flexibility index (Phi) is 4.03. The molecule has 0 amide bonds. The maximum atomic E-state index is 9.25. The Labute approximate surface area is 142 Å². The van der Waals surface area contributed by atoms with E-state index in [1.807, 2.05) is 18.2 Å². The molecule has 1 fully saturated rings. The van der Waals surface area contributed by atoms with Crippen LogP contribution < -0.4 is 0 Å². The zero-order chi connectivity index (χ0) is 16.5. The maximum Gasteiger partial charge on any atom is 0.0925 e. The minimum atomic E-state index is 0.318. The third-order valence-electron chi connectivity index (χ3n) is 4.99. The lowest BCUT2D eigenvalue weighted by molar-refractivity contribution is 0.267. The highest BCUT2D eigenvalue weighted by atomic mass is 16.3. The van der Waals surface area contributed by atoms with Gasteiger partial charge in [0.2, 0.25) is 0 Å². The summed E-state index contributed by atoms with van der Waals surface area (Å²) < 4.78 is 0. The fourth-order valence-corrected chi connectivity index (χ4v) is 3.41. The van der Waals surface area contributed by atoms with Crippen LogP contribution in [0.2, 0.25) is 0 Å². The standard InChI is InChI=1S/C21H22N2O/c1-14-7-9-18-20(11-14)22-19(10-8-16-12-17(16)13-24)21(23-18)15-5-3-2-4-6-15/h2-7,9,11,16-17,24H,8,10,12-13H2,1H3. The van der Waals surface area contributed by atoms with Crippen molar-refractivity contribution < 1.29 is 5.11 Å². The summed E-state index contributed by atoms with van der Waals surface area (Å²) in [6, 6.07) is 16.6. The lowest BCUT2D eigenvalue weighted by Gasteiger charge is -2.10. The Hall–Kier alpha value is -2.26. The molecule has 3 nitrogen and oxygen atoms in total. The van der Waals surface area contributed by atoms with Crippen molar-refractivity contribution in [2.45, 2.75) is 26.2 Å². The predicted molar refractivity (Wildman–Crippen MR) is 96.7 cm³/mol. The van der Waals surface area contributed by atoms with Crippen LogP contribution in [-0.2, 0) is 6.42 Å². The maximum absolute atomic E-state index is 9.25. The van der Waals surface area contributed by atoms with Crippen molar-refractivity contribution in [1.82, 2.24) is 9.97 Å². The number of aryl methyl sites for hydroxylation is 2. The van der Waals surface area contributed by atoms with Crippen LogP contribution >= 0.6 is 0 Å². The molecule has 4 rings (SSSR count). The molecule has 0 spiro atoms. The third-order valence-corrected chi connectivity index (χ3v) is 4.99. The molecular weight excluding hydrogens is 296 g/mol. The molecule has 1 aliphatic carbocycles. The first-order valence-corrected chi connectivity index (χ1v) is 8.68. The van der Waals surface area contributed by atoms with Gasteiger partial charge in [0.25, 0.3) is 0 Å². The van der Waals surface area contributed by atoms with Crippen LogP contribution in [0.3, 0.4) is 0 Å².